The number of hydrogen-bond donors (Lipinski definition) is 0. The summed E-state index contributed by atoms with van der Waals surface area (Å²) in [6.07, 6.45) is 9.08. The van der Waals surface area contributed by atoms with Crippen LogP contribution in [-0.2, 0) is 9.47 Å². The average Bonchev–Trinajstić information content (AvgIpc) is 2.60. The van der Waals surface area contributed by atoms with Crippen LogP contribution in [-0.4, -0.2) is 31.0 Å². The monoisotopic (exact) mass is 364 g/mol. The number of alkyl halides is 1. The molecule has 1 aliphatic heterocycles. The first-order valence-corrected chi connectivity index (χ1v) is 10.8. The van der Waals surface area contributed by atoms with Crippen LogP contribution in [0.5, 0.6) is 0 Å². The van der Waals surface area contributed by atoms with Gasteiger partial charge in [-0.3, -0.25) is 0 Å². The third-order valence-corrected chi connectivity index (χ3v) is 4.81. The van der Waals surface area contributed by atoms with Gasteiger partial charge in [-0.15, -0.1) is 12.3 Å². The van der Waals surface area contributed by atoms with Crippen LogP contribution in [0.2, 0.25) is 19.6 Å². The van der Waals surface area contributed by atoms with Gasteiger partial charge in [-0.1, -0.05) is 54.0 Å². The molecule has 1 fully saturated rings. The van der Waals surface area contributed by atoms with Crippen molar-refractivity contribution in [3.05, 3.63) is 11.8 Å². The number of terminal acetylenes is 1. The molecule has 1 heterocycles. The summed E-state index contributed by atoms with van der Waals surface area (Å²) in [7, 11) is -1.19. The van der Waals surface area contributed by atoms with E-state index >= 15 is 0 Å². The van der Waals surface area contributed by atoms with Crippen molar-refractivity contribution in [1.82, 2.24) is 0 Å². The second-order valence-electron chi connectivity index (χ2n) is 5.35. The van der Waals surface area contributed by atoms with Gasteiger partial charge in [-0.2, -0.15) is 0 Å². The minimum absolute atomic E-state index is 0.00732. The lowest BCUT2D eigenvalue weighted by molar-refractivity contribution is -0.125. The molecular weight excluding hydrogens is 343 g/mol. The summed E-state index contributed by atoms with van der Waals surface area (Å²) in [4.78, 5) is 0. The minimum atomic E-state index is -1.19. The molecule has 0 aromatic carbocycles. The number of halogens is 1. The zero-order valence-electron chi connectivity index (χ0n) is 10.8. The van der Waals surface area contributed by atoms with E-state index in [1.165, 1.54) is 0 Å². The summed E-state index contributed by atoms with van der Waals surface area (Å²) in [5.41, 5.74) is 2.28. The highest BCUT2D eigenvalue weighted by molar-refractivity contribution is 14.1. The molecule has 3 atom stereocenters. The molecule has 1 aliphatic rings. The highest BCUT2D eigenvalue weighted by Crippen LogP contribution is 2.24. The van der Waals surface area contributed by atoms with Gasteiger partial charge in [0.2, 0.25) is 0 Å². The fourth-order valence-electron chi connectivity index (χ4n) is 1.51. The topological polar surface area (TPSA) is 18.5 Å². The number of ether oxygens (including phenoxy) is 2. The Bertz CT molecular complexity index is 304. The maximum Gasteiger partial charge on any atom is 0.170 e. The van der Waals surface area contributed by atoms with E-state index in [0.29, 0.717) is 10.3 Å². The van der Waals surface area contributed by atoms with Crippen molar-refractivity contribution in [3.63, 3.8) is 0 Å². The van der Waals surface area contributed by atoms with Gasteiger partial charge in [0.15, 0.2) is 6.29 Å². The van der Waals surface area contributed by atoms with Crippen molar-refractivity contribution >= 4 is 30.7 Å². The quantitative estimate of drug-likeness (QED) is 0.322. The van der Waals surface area contributed by atoms with E-state index in [1.54, 1.807) is 0 Å². The van der Waals surface area contributed by atoms with Gasteiger partial charge >= 0.3 is 0 Å². The minimum Gasteiger partial charge on any atom is -0.351 e. The number of rotatable bonds is 5. The Morgan fingerprint density at radius 2 is 2.29 bits per heavy atom. The molecule has 0 aromatic rings. The van der Waals surface area contributed by atoms with Crippen LogP contribution in [0, 0.1) is 12.3 Å². The lowest BCUT2D eigenvalue weighted by atomic mass is 10.2. The maximum atomic E-state index is 5.92. The van der Waals surface area contributed by atoms with Crippen molar-refractivity contribution in [2.24, 2.45) is 0 Å². The van der Waals surface area contributed by atoms with Crippen LogP contribution < -0.4 is 0 Å². The molecule has 0 unspecified atom stereocenters. The van der Waals surface area contributed by atoms with Gasteiger partial charge in [0.05, 0.1) is 24.7 Å². The first kappa shape index (κ1) is 15.2. The summed E-state index contributed by atoms with van der Waals surface area (Å²) >= 11 is 2.38. The molecule has 1 rings (SSSR count). The second kappa shape index (κ2) is 6.93. The Hall–Kier alpha value is 0.167. The molecule has 96 valence electrons. The van der Waals surface area contributed by atoms with Gasteiger partial charge in [0.1, 0.15) is 0 Å². The smallest absolute Gasteiger partial charge is 0.170 e. The molecule has 0 saturated carbocycles. The molecule has 2 nitrogen and oxygen atoms in total. The molecule has 4 heteroatoms. The zero-order valence-corrected chi connectivity index (χ0v) is 13.9. The van der Waals surface area contributed by atoms with Gasteiger partial charge in [0, 0.05) is 6.42 Å². The predicted molar refractivity (Wildman–Crippen MR) is 83.0 cm³/mol. The summed E-state index contributed by atoms with van der Waals surface area (Å²) in [5.74, 6) is 2.67. The Morgan fingerprint density at radius 3 is 2.76 bits per heavy atom. The van der Waals surface area contributed by atoms with Crippen LogP contribution in [0.1, 0.15) is 12.8 Å². The molecule has 0 bridgehead atoms. The molecular formula is C13H21IO2Si. The standard InChI is InChI=1S/C13H21IO2Si/c1-5-6-11(8-10-17(2,3)4)16-13-12(14)7-9-15-13/h1,8,10-13H,6-7,9H2,2-4H3/b10-8+/t11-,12+,13-/m1/s1. The van der Waals surface area contributed by atoms with Crippen LogP contribution in [0.25, 0.3) is 0 Å². The Kier molecular flexibility index (Phi) is 6.21. The summed E-state index contributed by atoms with van der Waals surface area (Å²) in [6, 6.07) is 0. The van der Waals surface area contributed by atoms with Gasteiger partial charge in [-0.05, 0) is 6.42 Å². The average molecular weight is 364 g/mol. The van der Waals surface area contributed by atoms with E-state index in [-0.39, 0.29) is 12.4 Å². The summed E-state index contributed by atoms with van der Waals surface area (Å²) < 4.78 is 11.9. The van der Waals surface area contributed by atoms with E-state index in [1.807, 2.05) is 0 Å². The lowest BCUT2D eigenvalue weighted by Crippen LogP contribution is -2.26. The van der Waals surface area contributed by atoms with Crippen molar-refractivity contribution in [2.75, 3.05) is 6.61 Å². The van der Waals surface area contributed by atoms with Crippen molar-refractivity contribution in [3.8, 4) is 12.3 Å². The third-order valence-electron chi connectivity index (χ3n) is 2.41. The fraction of sp³-hybridized carbons (Fsp3) is 0.692. The molecule has 0 radical (unpaired) electrons. The third kappa shape index (κ3) is 6.05. The van der Waals surface area contributed by atoms with E-state index in [0.717, 1.165) is 13.0 Å². The van der Waals surface area contributed by atoms with Crippen LogP contribution >= 0.6 is 22.6 Å². The summed E-state index contributed by atoms with van der Waals surface area (Å²) in [5, 5.41) is 0. The number of hydrogen-bond acceptors (Lipinski definition) is 2. The maximum absolute atomic E-state index is 5.92. The molecule has 0 aliphatic carbocycles. The molecule has 1 saturated heterocycles. The SMILES string of the molecule is C#CC[C@H](/C=C/[Si](C)(C)C)O[C@H]1OCC[C@@H]1I. The first-order valence-electron chi connectivity index (χ1n) is 5.96. The first-order chi connectivity index (χ1) is 7.92. The van der Waals surface area contributed by atoms with Gasteiger partial charge < -0.3 is 9.47 Å². The van der Waals surface area contributed by atoms with Crippen LogP contribution in [0.3, 0.4) is 0 Å². The zero-order chi connectivity index (χ0) is 12.9. The molecule has 0 aromatic heterocycles. The summed E-state index contributed by atoms with van der Waals surface area (Å²) in [6.45, 7) is 7.68. The van der Waals surface area contributed by atoms with E-state index < -0.39 is 8.07 Å². The molecule has 0 amide bonds. The lowest BCUT2D eigenvalue weighted by Gasteiger charge is -2.20. The fourth-order valence-corrected chi connectivity index (χ4v) is 2.93. The van der Waals surface area contributed by atoms with Gasteiger partial charge in [0.25, 0.3) is 0 Å². The molecule has 0 spiro atoms. The van der Waals surface area contributed by atoms with Crippen molar-refractivity contribution < 1.29 is 9.47 Å². The highest BCUT2D eigenvalue weighted by Gasteiger charge is 2.28. The van der Waals surface area contributed by atoms with Crippen molar-refractivity contribution in [1.29, 1.82) is 0 Å². The molecule has 17 heavy (non-hydrogen) atoms. The van der Waals surface area contributed by atoms with E-state index in [2.05, 4.69) is 59.9 Å². The largest absolute Gasteiger partial charge is 0.351 e. The predicted octanol–water partition coefficient (Wildman–Crippen LogP) is 3.38. The Labute approximate surface area is 119 Å². The Balaban J connectivity index is 2.54. The van der Waals surface area contributed by atoms with Crippen LogP contribution in [0.15, 0.2) is 11.8 Å². The Morgan fingerprint density at radius 1 is 1.59 bits per heavy atom. The normalized spacial score (nSPS) is 27.2. The van der Waals surface area contributed by atoms with Crippen molar-refractivity contribution in [2.45, 2.75) is 48.8 Å². The van der Waals surface area contributed by atoms with E-state index in [4.69, 9.17) is 15.9 Å². The highest BCUT2D eigenvalue weighted by atomic mass is 127. The second-order valence-corrected chi connectivity index (χ2v) is 12.0. The van der Waals surface area contributed by atoms with Crippen LogP contribution in [0.4, 0.5) is 0 Å². The van der Waals surface area contributed by atoms with E-state index in [9.17, 15) is 0 Å². The molecule has 0 N–H and O–H groups in total. The van der Waals surface area contributed by atoms with Gasteiger partial charge in [-0.25, -0.2) is 0 Å².